The second kappa shape index (κ2) is 5.53. The summed E-state index contributed by atoms with van der Waals surface area (Å²) in [6.45, 7) is 11.3. The molecule has 0 spiro atoms. The summed E-state index contributed by atoms with van der Waals surface area (Å²) in [5.41, 5.74) is 3.59. The standard InChI is InChI=1S/C20H25O2P/c1-19(2,3)13-20(4,5)14-10-11-16-15-8-6-7-9-17(15)22-23(21)18(16)12-14/h6-12,23H,13H2,1-5H3. The molecule has 2 nitrogen and oxygen atoms in total. The van der Waals surface area contributed by atoms with Gasteiger partial charge in [0.05, 0.1) is 5.30 Å². The summed E-state index contributed by atoms with van der Waals surface area (Å²) in [5, 5.41) is 0.855. The first kappa shape index (κ1) is 16.3. The van der Waals surface area contributed by atoms with Crippen LogP contribution < -0.4 is 9.83 Å². The van der Waals surface area contributed by atoms with Gasteiger partial charge < -0.3 is 4.52 Å². The largest absolute Gasteiger partial charge is 0.441 e. The van der Waals surface area contributed by atoms with E-state index in [-0.39, 0.29) is 10.8 Å². The van der Waals surface area contributed by atoms with Crippen LogP contribution in [-0.4, -0.2) is 0 Å². The molecule has 3 heteroatoms. The molecule has 2 aromatic carbocycles. The molecule has 3 rings (SSSR count). The summed E-state index contributed by atoms with van der Waals surface area (Å²) >= 11 is 0. The molecule has 1 atom stereocenters. The van der Waals surface area contributed by atoms with Gasteiger partial charge in [-0.25, -0.2) is 0 Å². The first-order chi connectivity index (χ1) is 10.7. The zero-order valence-electron chi connectivity index (χ0n) is 14.6. The van der Waals surface area contributed by atoms with Crippen LogP contribution in [0.5, 0.6) is 5.75 Å². The molecule has 1 aliphatic heterocycles. The average Bonchev–Trinajstić information content (AvgIpc) is 2.44. The number of hydrogen-bond donors (Lipinski definition) is 0. The van der Waals surface area contributed by atoms with Crippen molar-refractivity contribution in [3.05, 3.63) is 48.0 Å². The van der Waals surface area contributed by atoms with E-state index in [0.29, 0.717) is 0 Å². The van der Waals surface area contributed by atoms with Gasteiger partial charge in [-0.05, 0) is 40.5 Å². The third kappa shape index (κ3) is 3.23. The molecule has 2 aromatic rings. The van der Waals surface area contributed by atoms with Crippen molar-refractivity contribution in [3.63, 3.8) is 0 Å². The molecule has 23 heavy (non-hydrogen) atoms. The Morgan fingerprint density at radius 2 is 1.65 bits per heavy atom. The second-order valence-corrected chi connectivity index (χ2v) is 9.59. The highest BCUT2D eigenvalue weighted by Gasteiger charge is 2.30. The highest BCUT2D eigenvalue weighted by atomic mass is 31.1. The Morgan fingerprint density at radius 3 is 2.35 bits per heavy atom. The lowest BCUT2D eigenvalue weighted by molar-refractivity contribution is 0.284. The van der Waals surface area contributed by atoms with Gasteiger partial charge in [0.1, 0.15) is 5.75 Å². The SMILES string of the molecule is CC(C)(C)CC(C)(C)c1ccc2c(c1)[PH](=O)Oc1ccccc1-2. The Morgan fingerprint density at radius 1 is 0.957 bits per heavy atom. The molecule has 0 saturated carbocycles. The molecule has 0 amide bonds. The highest BCUT2D eigenvalue weighted by Crippen LogP contribution is 2.44. The third-order valence-electron chi connectivity index (χ3n) is 4.37. The molecule has 0 radical (unpaired) electrons. The van der Waals surface area contributed by atoms with Crippen molar-refractivity contribution >= 4 is 13.3 Å². The fourth-order valence-corrected chi connectivity index (χ4v) is 4.93. The van der Waals surface area contributed by atoms with E-state index >= 15 is 0 Å². The maximum Gasteiger partial charge on any atom is 0.266 e. The van der Waals surface area contributed by atoms with Crippen molar-refractivity contribution in [2.75, 3.05) is 0 Å². The Labute approximate surface area is 139 Å². The lowest BCUT2D eigenvalue weighted by Crippen LogP contribution is -2.26. The maximum absolute atomic E-state index is 12.6. The van der Waals surface area contributed by atoms with E-state index in [1.807, 2.05) is 24.3 Å². The minimum atomic E-state index is -2.24. The highest BCUT2D eigenvalue weighted by molar-refractivity contribution is 7.49. The van der Waals surface area contributed by atoms with Crippen LogP contribution in [0.3, 0.4) is 0 Å². The predicted molar refractivity (Wildman–Crippen MR) is 98.2 cm³/mol. The van der Waals surface area contributed by atoms with Crippen molar-refractivity contribution in [1.29, 1.82) is 0 Å². The normalized spacial score (nSPS) is 17.2. The Bertz CT molecular complexity index is 769. The summed E-state index contributed by atoms with van der Waals surface area (Å²) < 4.78 is 18.2. The first-order valence-electron chi connectivity index (χ1n) is 8.13. The van der Waals surface area contributed by atoms with Crippen LogP contribution in [0.15, 0.2) is 42.5 Å². The van der Waals surface area contributed by atoms with E-state index in [9.17, 15) is 4.57 Å². The summed E-state index contributed by atoms with van der Waals surface area (Å²) in [6, 6.07) is 14.2. The van der Waals surface area contributed by atoms with Crippen molar-refractivity contribution in [3.8, 4) is 16.9 Å². The minimum Gasteiger partial charge on any atom is -0.441 e. The van der Waals surface area contributed by atoms with E-state index in [2.05, 4.69) is 52.8 Å². The molecule has 0 bridgehead atoms. The van der Waals surface area contributed by atoms with Crippen molar-refractivity contribution in [2.45, 2.75) is 46.5 Å². The van der Waals surface area contributed by atoms with Crippen LogP contribution >= 0.6 is 8.03 Å². The van der Waals surface area contributed by atoms with Crippen LogP contribution in [0, 0.1) is 5.41 Å². The van der Waals surface area contributed by atoms with Gasteiger partial charge in [0.15, 0.2) is 0 Å². The second-order valence-electron chi connectivity index (χ2n) is 8.27. The number of benzene rings is 2. The molecule has 0 N–H and O–H groups in total. The van der Waals surface area contributed by atoms with Crippen LogP contribution in [0.1, 0.15) is 46.6 Å². The summed E-state index contributed by atoms with van der Waals surface area (Å²) in [4.78, 5) is 0. The molecular weight excluding hydrogens is 303 g/mol. The number of rotatable bonds is 2. The van der Waals surface area contributed by atoms with E-state index in [1.165, 1.54) is 5.56 Å². The monoisotopic (exact) mass is 328 g/mol. The fraction of sp³-hybridized carbons (Fsp3) is 0.400. The third-order valence-corrected chi connectivity index (χ3v) is 5.63. The average molecular weight is 328 g/mol. The summed E-state index contributed by atoms with van der Waals surface area (Å²) in [7, 11) is -2.24. The van der Waals surface area contributed by atoms with E-state index in [1.54, 1.807) is 0 Å². The van der Waals surface area contributed by atoms with Gasteiger partial charge >= 0.3 is 0 Å². The lowest BCUT2D eigenvalue weighted by Gasteiger charge is -2.34. The van der Waals surface area contributed by atoms with E-state index in [4.69, 9.17) is 4.52 Å². The lowest BCUT2D eigenvalue weighted by atomic mass is 9.72. The van der Waals surface area contributed by atoms with Gasteiger partial charge in [0.25, 0.3) is 8.03 Å². The molecule has 0 fully saturated rings. The van der Waals surface area contributed by atoms with Gasteiger partial charge in [-0.2, -0.15) is 0 Å². The van der Waals surface area contributed by atoms with Gasteiger partial charge in [0, 0.05) is 5.56 Å². The molecule has 1 aliphatic rings. The first-order valence-corrected chi connectivity index (χ1v) is 9.45. The van der Waals surface area contributed by atoms with E-state index in [0.717, 1.165) is 28.6 Å². The molecule has 0 aliphatic carbocycles. The summed E-state index contributed by atoms with van der Waals surface area (Å²) in [6.07, 6.45) is 1.07. The summed E-state index contributed by atoms with van der Waals surface area (Å²) in [5.74, 6) is 0.727. The Balaban J connectivity index is 2.07. The zero-order valence-corrected chi connectivity index (χ0v) is 15.6. The maximum atomic E-state index is 12.6. The molecule has 1 unspecified atom stereocenters. The quantitative estimate of drug-likeness (QED) is 0.675. The topological polar surface area (TPSA) is 26.3 Å². The Kier molecular flexibility index (Phi) is 3.92. The van der Waals surface area contributed by atoms with Gasteiger partial charge in [0.2, 0.25) is 0 Å². The zero-order chi connectivity index (χ0) is 16.8. The number of para-hydroxylation sites is 1. The fourth-order valence-electron chi connectivity index (χ4n) is 3.73. The van der Waals surface area contributed by atoms with Crippen LogP contribution in [0.2, 0.25) is 0 Å². The van der Waals surface area contributed by atoms with Gasteiger partial charge in [-0.3, -0.25) is 4.57 Å². The molecular formula is C20H25O2P. The van der Waals surface area contributed by atoms with Crippen molar-refractivity contribution in [1.82, 2.24) is 0 Å². The van der Waals surface area contributed by atoms with E-state index < -0.39 is 8.03 Å². The molecule has 0 aromatic heterocycles. The van der Waals surface area contributed by atoms with Crippen LogP contribution in [0.4, 0.5) is 0 Å². The Hall–Kier alpha value is -1.53. The van der Waals surface area contributed by atoms with Crippen molar-refractivity contribution < 1.29 is 9.09 Å². The molecule has 1 heterocycles. The van der Waals surface area contributed by atoms with Gasteiger partial charge in [-0.15, -0.1) is 0 Å². The van der Waals surface area contributed by atoms with Crippen molar-refractivity contribution in [2.24, 2.45) is 5.41 Å². The number of fused-ring (bicyclic) bond motifs is 3. The van der Waals surface area contributed by atoms with Gasteiger partial charge in [-0.1, -0.05) is 65.0 Å². The van der Waals surface area contributed by atoms with Crippen LogP contribution in [-0.2, 0) is 9.98 Å². The molecule has 0 saturated heterocycles. The minimum absolute atomic E-state index is 0.0341. The predicted octanol–water partition coefficient (Wildman–Crippen LogP) is 5.56. The molecule has 122 valence electrons. The number of hydrogen-bond acceptors (Lipinski definition) is 2. The smallest absolute Gasteiger partial charge is 0.266 e. The van der Waals surface area contributed by atoms with Crippen LogP contribution in [0.25, 0.3) is 11.1 Å².